The molecule has 2 aromatic rings. The van der Waals surface area contributed by atoms with Crippen molar-refractivity contribution in [3.05, 3.63) is 59.7 Å². The number of aryl methyl sites for hydroxylation is 1. The van der Waals surface area contributed by atoms with E-state index in [9.17, 15) is 14.7 Å². The summed E-state index contributed by atoms with van der Waals surface area (Å²) in [6.07, 6.45) is 0.758. The maximum Gasteiger partial charge on any atom is 0.311 e. The van der Waals surface area contributed by atoms with E-state index in [1.54, 1.807) is 24.3 Å². The molecule has 0 unspecified atom stereocenters. The van der Waals surface area contributed by atoms with Crippen LogP contribution in [0.2, 0.25) is 0 Å². The van der Waals surface area contributed by atoms with E-state index >= 15 is 0 Å². The number of nitrogens with one attached hydrogen (secondary N) is 1. The maximum atomic E-state index is 12.7. The summed E-state index contributed by atoms with van der Waals surface area (Å²) < 4.78 is 11.1. The lowest BCUT2D eigenvalue weighted by Gasteiger charge is -2.33. The van der Waals surface area contributed by atoms with E-state index in [1.165, 1.54) is 0 Å². The van der Waals surface area contributed by atoms with E-state index in [1.807, 2.05) is 31.2 Å². The molecule has 0 bridgehead atoms. The van der Waals surface area contributed by atoms with E-state index < -0.39 is 11.4 Å². The van der Waals surface area contributed by atoms with Crippen LogP contribution in [0.25, 0.3) is 0 Å². The van der Waals surface area contributed by atoms with E-state index in [0.717, 1.165) is 5.56 Å². The van der Waals surface area contributed by atoms with Gasteiger partial charge in [-0.25, -0.2) is 0 Å². The first-order valence-electron chi connectivity index (χ1n) is 8.93. The second-order valence-electron chi connectivity index (χ2n) is 6.80. The summed E-state index contributed by atoms with van der Waals surface area (Å²) in [5.41, 5.74) is 0.434. The number of amides is 1. The maximum absolute atomic E-state index is 12.7. The van der Waals surface area contributed by atoms with Gasteiger partial charge in [0, 0.05) is 19.8 Å². The van der Waals surface area contributed by atoms with Gasteiger partial charge >= 0.3 is 5.97 Å². The van der Waals surface area contributed by atoms with Gasteiger partial charge in [-0.2, -0.15) is 0 Å². The van der Waals surface area contributed by atoms with E-state index in [0.29, 0.717) is 43.1 Å². The van der Waals surface area contributed by atoms with Crippen LogP contribution < -0.4 is 10.1 Å². The van der Waals surface area contributed by atoms with Crippen molar-refractivity contribution in [2.24, 2.45) is 5.41 Å². The fraction of sp³-hybridized carbons (Fsp3) is 0.333. The molecule has 6 heteroatoms. The Labute approximate surface area is 158 Å². The van der Waals surface area contributed by atoms with E-state index in [-0.39, 0.29) is 12.5 Å². The Morgan fingerprint density at radius 3 is 2.59 bits per heavy atom. The van der Waals surface area contributed by atoms with Crippen molar-refractivity contribution in [1.82, 2.24) is 5.32 Å². The summed E-state index contributed by atoms with van der Waals surface area (Å²) in [6.45, 7) is 2.79. The van der Waals surface area contributed by atoms with Gasteiger partial charge in [-0.15, -0.1) is 0 Å². The van der Waals surface area contributed by atoms with Gasteiger partial charge in [0.05, 0.1) is 11.0 Å². The number of hydrogen-bond acceptors (Lipinski definition) is 4. The summed E-state index contributed by atoms with van der Waals surface area (Å²) in [6, 6.07) is 14.5. The fourth-order valence-electron chi connectivity index (χ4n) is 3.12. The number of carboxylic acids is 1. The number of ether oxygens (including phenoxy) is 2. The molecule has 142 valence electrons. The van der Waals surface area contributed by atoms with Crippen LogP contribution in [-0.2, 0) is 9.53 Å². The SMILES string of the molecule is Cc1cccc(Oc2ccccc2C(=O)NCC2(C(=O)O)CCOCC2)c1. The molecular weight excluding hydrogens is 346 g/mol. The van der Waals surface area contributed by atoms with Crippen LogP contribution in [0.5, 0.6) is 11.5 Å². The van der Waals surface area contributed by atoms with Gasteiger partial charge in [0.15, 0.2) is 0 Å². The van der Waals surface area contributed by atoms with Crippen molar-refractivity contribution in [2.75, 3.05) is 19.8 Å². The molecule has 0 spiro atoms. The van der Waals surface area contributed by atoms with Crippen LogP contribution in [0.1, 0.15) is 28.8 Å². The van der Waals surface area contributed by atoms with Crippen molar-refractivity contribution >= 4 is 11.9 Å². The Balaban J connectivity index is 1.74. The Morgan fingerprint density at radius 2 is 1.89 bits per heavy atom. The van der Waals surface area contributed by atoms with Crippen molar-refractivity contribution in [3.8, 4) is 11.5 Å². The molecule has 1 fully saturated rings. The number of hydrogen-bond donors (Lipinski definition) is 2. The Bertz CT molecular complexity index is 827. The predicted octanol–water partition coefficient (Wildman–Crippen LogP) is 3.40. The van der Waals surface area contributed by atoms with Crippen LogP contribution in [0.4, 0.5) is 0 Å². The Hall–Kier alpha value is -2.86. The largest absolute Gasteiger partial charge is 0.481 e. The minimum absolute atomic E-state index is 0.0588. The van der Waals surface area contributed by atoms with Crippen LogP contribution in [0, 0.1) is 12.3 Å². The normalized spacial score (nSPS) is 15.7. The first-order chi connectivity index (χ1) is 13.0. The highest BCUT2D eigenvalue weighted by molar-refractivity contribution is 5.97. The van der Waals surface area contributed by atoms with Gasteiger partial charge in [0.2, 0.25) is 0 Å². The van der Waals surface area contributed by atoms with Gasteiger partial charge in [-0.1, -0.05) is 24.3 Å². The molecule has 1 aliphatic heterocycles. The Kier molecular flexibility index (Phi) is 5.76. The molecule has 0 saturated carbocycles. The highest BCUT2D eigenvalue weighted by Crippen LogP contribution is 2.31. The topological polar surface area (TPSA) is 84.9 Å². The molecule has 1 amide bonds. The summed E-state index contributed by atoms with van der Waals surface area (Å²) >= 11 is 0. The molecule has 2 aromatic carbocycles. The zero-order valence-electron chi connectivity index (χ0n) is 15.2. The third kappa shape index (κ3) is 4.46. The van der Waals surface area contributed by atoms with Crippen LogP contribution in [0.3, 0.4) is 0 Å². The first-order valence-corrected chi connectivity index (χ1v) is 8.93. The summed E-state index contributed by atoms with van der Waals surface area (Å²) in [4.78, 5) is 24.4. The summed E-state index contributed by atoms with van der Waals surface area (Å²) in [7, 11) is 0. The molecule has 27 heavy (non-hydrogen) atoms. The number of carboxylic acid groups (broad SMARTS) is 1. The zero-order chi connectivity index (χ0) is 19.3. The number of aliphatic carboxylic acids is 1. The smallest absolute Gasteiger partial charge is 0.311 e. The third-order valence-electron chi connectivity index (χ3n) is 4.84. The van der Waals surface area contributed by atoms with E-state index in [4.69, 9.17) is 9.47 Å². The van der Waals surface area contributed by atoms with Crippen molar-refractivity contribution in [3.63, 3.8) is 0 Å². The molecule has 0 aliphatic carbocycles. The van der Waals surface area contributed by atoms with Crippen LogP contribution >= 0.6 is 0 Å². The number of rotatable bonds is 6. The average Bonchev–Trinajstić information content (AvgIpc) is 2.67. The fourth-order valence-corrected chi connectivity index (χ4v) is 3.12. The second-order valence-corrected chi connectivity index (χ2v) is 6.80. The predicted molar refractivity (Wildman–Crippen MR) is 100 cm³/mol. The van der Waals surface area contributed by atoms with Crippen molar-refractivity contribution in [2.45, 2.75) is 19.8 Å². The highest BCUT2D eigenvalue weighted by atomic mass is 16.5. The summed E-state index contributed by atoms with van der Waals surface area (Å²) in [5.74, 6) is -0.195. The van der Waals surface area contributed by atoms with Crippen molar-refractivity contribution < 1.29 is 24.2 Å². The standard InChI is InChI=1S/C21H23NO5/c1-15-5-4-6-16(13-15)27-18-8-3-2-7-17(18)19(23)22-14-21(20(24)25)9-11-26-12-10-21/h2-8,13H,9-12,14H2,1H3,(H,22,23)(H,24,25). The van der Waals surface area contributed by atoms with Crippen molar-refractivity contribution in [1.29, 1.82) is 0 Å². The van der Waals surface area contributed by atoms with Crippen LogP contribution in [-0.4, -0.2) is 36.7 Å². The Morgan fingerprint density at radius 1 is 1.15 bits per heavy atom. The van der Waals surface area contributed by atoms with Gasteiger partial charge in [0.25, 0.3) is 5.91 Å². The number of carbonyl (C=O) groups is 2. The molecule has 6 nitrogen and oxygen atoms in total. The number of carbonyl (C=O) groups excluding carboxylic acids is 1. The number of benzene rings is 2. The minimum Gasteiger partial charge on any atom is -0.481 e. The lowest BCUT2D eigenvalue weighted by molar-refractivity contribution is -0.154. The van der Waals surface area contributed by atoms with Gasteiger partial charge in [0.1, 0.15) is 11.5 Å². The minimum atomic E-state index is -0.986. The molecular formula is C21H23NO5. The van der Waals surface area contributed by atoms with E-state index in [2.05, 4.69) is 5.32 Å². The third-order valence-corrected chi connectivity index (χ3v) is 4.84. The molecule has 1 saturated heterocycles. The van der Waals surface area contributed by atoms with Gasteiger partial charge < -0.3 is 19.9 Å². The molecule has 1 aliphatic rings. The number of para-hydroxylation sites is 1. The lowest BCUT2D eigenvalue weighted by Crippen LogP contribution is -2.46. The molecule has 1 heterocycles. The molecule has 0 radical (unpaired) electrons. The van der Waals surface area contributed by atoms with Gasteiger partial charge in [-0.3, -0.25) is 9.59 Å². The monoisotopic (exact) mass is 369 g/mol. The second kappa shape index (κ2) is 8.22. The van der Waals surface area contributed by atoms with Gasteiger partial charge in [-0.05, 0) is 49.6 Å². The quantitative estimate of drug-likeness (QED) is 0.815. The molecule has 0 atom stereocenters. The molecule has 0 aromatic heterocycles. The molecule has 2 N–H and O–H groups in total. The zero-order valence-corrected chi connectivity index (χ0v) is 15.2. The first kappa shape index (κ1) is 18.9. The summed E-state index contributed by atoms with van der Waals surface area (Å²) in [5, 5.41) is 12.4. The average molecular weight is 369 g/mol. The lowest BCUT2D eigenvalue weighted by atomic mass is 9.80. The molecule has 3 rings (SSSR count). The van der Waals surface area contributed by atoms with Crippen LogP contribution in [0.15, 0.2) is 48.5 Å². The highest BCUT2D eigenvalue weighted by Gasteiger charge is 2.40.